The maximum atomic E-state index is 10.9. The number of ether oxygens (including phenoxy) is 1. The number of carboxylic acids is 1. The Bertz CT molecular complexity index is 519. The van der Waals surface area contributed by atoms with Gasteiger partial charge in [0.05, 0.1) is 12.8 Å². The van der Waals surface area contributed by atoms with E-state index in [0.29, 0.717) is 10.6 Å². The predicted molar refractivity (Wildman–Crippen MR) is 67.6 cm³/mol. The Kier molecular flexibility index (Phi) is 3.30. The molecule has 4 nitrogen and oxygen atoms in total. The quantitative estimate of drug-likeness (QED) is 0.873. The van der Waals surface area contributed by atoms with Crippen molar-refractivity contribution in [3.8, 4) is 5.75 Å². The zero-order valence-corrected chi connectivity index (χ0v) is 9.95. The number of nitrogens with one attached hydrogen (secondary N) is 1. The Morgan fingerprint density at radius 2 is 2.00 bits per heavy atom. The molecule has 0 aliphatic rings. The van der Waals surface area contributed by atoms with Crippen LogP contribution in [0.15, 0.2) is 35.7 Å². The van der Waals surface area contributed by atoms with Gasteiger partial charge < -0.3 is 15.2 Å². The first kappa shape index (κ1) is 11.5. The van der Waals surface area contributed by atoms with E-state index in [1.54, 1.807) is 18.6 Å². The van der Waals surface area contributed by atoms with Gasteiger partial charge in [-0.1, -0.05) is 0 Å². The van der Waals surface area contributed by atoms with Crippen molar-refractivity contribution in [1.29, 1.82) is 0 Å². The summed E-state index contributed by atoms with van der Waals surface area (Å²) in [4.78, 5) is 11.2. The van der Waals surface area contributed by atoms with Crippen LogP contribution in [0.25, 0.3) is 0 Å². The van der Waals surface area contributed by atoms with E-state index < -0.39 is 5.97 Å². The lowest BCUT2D eigenvalue weighted by Gasteiger charge is -2.06. The van der Waals surface area contributed by atoms with Gasteiger partial charge in [-0.3, -0.25) is 0 Å². The molecule has 0 saturated heterocycles. The minimum atomic E-state index is -0.920. The number of benzene rings is 1. The third kappa shape index (κ3) is 2.57. The second-order valence-electron chi connectivity index (χ2n) is 3.32. The Balaban J connectivity index is 2.19. The number of anilines is 2. The summed E-state index contributed by atoms with van der Waals surface area (Å²) < 4.78 is 5.05. The van der Waals surface area contributed by atoms with E-state index >= 15 is 0 Å². The van der Waals surface area contributed by atoms with E-state index in [4.69, 9.17) is 9.84 Å². The van der Waals surface area contributed by atoms with Gasteiger partial charge in [0, 0.05) is 5.69 Å². The molecule has 0 unspecified atom stereocenters. The molecule has 2 N–H and O–H groups in total. The Labute approximate surface area is 102 Å². The van der Waals surface area contributed by atoms with Crippen LogP contribution in [0.3, 0.4) is 0 Å². The fourth-order valence-corrected chi connectivity index (χ4v) is 2.09. The van der Waals surface area contributed by atoms with Crippen LogP contribution < -0.4 is 10.1 Å². The van der Waals surface area contributed by atoms with Gasteiger partial charge >= 0.3 is 5.97 Å². The topological polar surface area (TPSA) is 58.6 Å². The lowest BCUT2D eigenvalue weighted by molar-refractivity contribution is 0.0703. The number of thiophene rings is 1. The van der Waals surface area contributed by atoms with E-state index in [9.17, 15) is 4.79 Å². The average Bonchev–Trinajstić information content (AvgIpc) is 2.78. The highest BCUT2D eigenvalue weighted by molar-refractivity contribution is 7.12. The van der Waals surface area contributed by atoms with Gasteiger partial charge in [0.15, 0.2) is 0 Å². The van der Waals surface area contributed by atoms with E-state index in [1.165, 1.54) is 11.3 Å². The minimum Gasteiger partial charge on any atom is -0.497 e. The van der Waals surface area contributed by atoms with Gasteiger partial charge in [-0.25, -0.2) is 4.79 Å². The fraction of sp³-hybridized carbons (Fsp3) is 0.0833. The second-order valence-corrected chi connectivity index (χ2v) is 4.24. The first-order chi connectivity index (χ1) is 8.20. The van der Waals surface area contributed by atoms with Crippen LogP contribution in [0.5, 0.6) is 5.75 Å². The van der Waals surface area contributed by atoms with Crippen LogP contribution in [-0.2, 0) is 0 Å². The van der Waals surface area contributed by atoms with Gasteiger partial charge in [0.25, 0.3) is 0 Å². The molecule has 0 saturated carbocycles. The van der Waals surface area contributed by atoms with E-state index in [-0.39, 0.29) is 0 Å². The van der Waals surface area contributed by atoms with E-state index in [1.807, 2.05) is 24.3 Å². The molecule has 0 amide bonds. The fourth-order valence-electron chi connectivity index (χ4n) is 1.40. The van der Waals surface area contributed by atoms with Crippen LogP contribution in [0.4, 0.5) is 11.4 Å². The maximum absolute atomic E-state index is 10.9. The zero-order valence-electron chi connectivity index (χ0n) is 9.14. The lowest BCUT2D eigenvalue weighted by Crippen LogP contribution is -1.98. The first-order valence-electron chi connectivity index (χ1n) is 4.92. The smallest absolute Gasteiger partial charge is 0.348 e. The van der Waals surface area contributed by atoms with Gasteiger partial charge in [-0.05, 0) is 35.7 Å². The van der Waals surface area contributed by atoms with Crippen molar-refractivity contribution in [2.45, 2.75) is 0 Å². The van der Waals surface area contributed by atoms with Crippen LogP contribution in [-0.4, -0.2) is 18.2 Å². The molecular weight excluding hydrogens is 238 g/mol. The molecular formula is C12H11NO3S. The normalized spacial score (nSPS) is 9.94. The number of rotatable bonds is 4. The molecule has 0 aliphatic carbocycles. The number of methoxy groups -OCH3 is 1. The SMILES string of the molecule is COc1ccc(Nc2ccsc2C(=O)O)cc1. The highest BCUT2D eigenvalue weighted by Crippen LogP contribution is 2.26. The molecule has 0 atom stereocenters. The molecule has 5 heteroatoms. The number of carboxylic acid groups (broad SMARTS) is 1. The van der Waals surface area contributed by atoms with Gasteiger partial charge in [-0.2, -0.15) is 0 Å². The van der Waals surface area contributed by atoms with Crippen LogP contribution >= 0.6 is 11.3 Å². The lowest BCUT2D eigenvalue weighted by atomic mass is 10.3. The molecule has 1 aromatic carbocycles. The zero-order chi connectivity index (χ0) is 12.3. The van der Waals surface area contributed by atoms with Crippen LogP contribution in [0, 0.1) is 0 Å². The van der Waals surface area contributed by atoms with Crippen molar-refractivity contribution in [1.82, 2.24) is 0 Å². The second kappa shape index (κ2) is 4.88. The van der Waals surface area contributed by atoms with Gasteiger partial charge in [0.1, 0.15) is 10.6 Å². The molecule has 0 fully saturated rings. The molecule has 2 rings (SSSR count). The summed E-state index contributed by atoms with van der Waals surface area (Å²) in [5.41, 5.74) is 1.43. The highest BCUT2D eigenvalue weighted by Gasteiger charge is 2.11. The van der Waals surface area contributed by atoms with E-state index in [2.05, 4.69) is 5.32 Å². The molecule has 88 valence electrons. The molecule has 0 spiro atoms. The summed E-state index contributed by atoms with van der Waals surface area (Å²) in [5, 5.41) is 13.8. The summed E-state index contributed by atoms with van der Waals surface area (Å²) in [7, 11) is 1.60. The monoisotopic (exact) mass is 249 g/mol. The number of carbonyl (C=O) groups is 1. The van der Waals surface area contributed by atoms with Crippen molar-refractivity contribution >= 4 is 28.7 Å². The Hall–Kier alpha value is -2.01. The molecule has 0 radical (unpaired) electrons. The van der Waals surface area contributed by atoms with Crippen LogP contribution in [0.2, 0.25) is 0 Å². The van der Waals surface area contributed by atoms with Crippen molar-refractivity contribution in [3.63, 3.8) is 0 Å². The van der Waals surface area contributed by atoms with Crippen molar-refractivity contribution in [2.24, 2.45) is 0 Å². The number of hydrogen-bond acceptors (Lipinski definition) is 4. The third-order valence-corrected chi connectivity index (χ3v) is 3.13. The van der Waals surface area contributed by atoms with Crippen molar-refractivity contribution < 1.29 is 14.6 Å². The minimum absolute atomic E-state index is 0.306. The summed E-state index contributed by atoms with van der Waals surface area (Å²) in [6.07, 6.45) is 0. The standard InChI is InChI=1S/C12H11NO3S/c1-16-9-4-2-8(3-5-9)13-10-6-7-17-11(10)12(14)15/h2-7,13H,1H3,(H,14,15). The van der Waals surface area contributed by atoms with Gasteiger partial charge in [0.2, 0.25) is 0 Å². The Morgan fingerprint density at radius 3 is 2.59 bits per heavy atom. The molecule has 0 aliphatic heterocycles. The molecule has 0 bridgehead atoms. The third-order valence-electron chi connectivity index (χ3n) is 2.23. The molecule has 17 heavy (non-hydrogen) atoms. The predicted octanol–water partition coefficient (Wildman–Crippen LogP) is 3.20. The number of hydrogen-bond donors (Lipinski definition) is 2. The average molecular weight is 249 g/mol. The molecule has 1 aromatic heterocycles. The largest absolute Gasteiger partial charge is 0.497 e. The van der Waals surface area contributed by atoms with Crippen molar-refractivity contribution in [3.05, 3.63) is 40.6 Å². The molecule has 2 aromatic rings. The maximum Gasteiger partial charge on any atom is 0.348 e. The van der Waals surface area contributed by atoms with Gasteiger partial charge in [-0.15, -0.1) is 11.3 Å². The summed E-state index contributed by atoms with van der Waals surface area (Å²) in [6, 6.07) is 9.05. The summed E-state index contributed by atoms with van der Waals surface area (Å²) in [5.74, 6) is -0.157. The highest BCUT2D eigenvalue weighted by atomic mass is 32.1. The van der Waals surface area contributed by atoms with Crippen molar-refractivity contribution in [2.75, 3.05) is 12.4 Å². The number of aromatic carboxylic acids is 1. The summed E-state index contributed by atoms with van der Waals surface area (Å²) in [6.45, 7) is 0. The molecule has 1 heterocycles. The first-order valence-corrected chi connectivity index (χ1v) is 5.80. The Morgan fingerprint density at radius 1 is 1.29 bits per heavy atom. The van der Waals surface area contributed by atoms with E-state index in [0.717, 1.165) is 11.4 Å². The van der Waals surface area contributed by atoms with Crippen LogP contribution in [0.1, 0.15) is 9.67 Å². The summed E-state index contributed by atoms with van der Waals surface area (Å²) >= 11 is 1.20.